The Morgan fingerprint density at radius 3 is 2.68 bits per heavy atom. The molecule has 1 heterocycles. The Balaban J connectivity index is 2.01. The number of hydrogen-bond acceptors (Lipinski definition) is 3. The lowest BCUT2D eigenvalue weighted by molar-refractivity contribution is -0.115. The monoisotopic (exact) mass is 315 g/mol. The van der Waals surface area contributed by atoms with E-state index >= 15 is 0 Å². The Morgan fingerprint density at radius 1 is 1.32 bits per heavy atom. The van der Waals surface area contributed by atoms with Gasteiger partial charge >= 0.3 is 0 Å². The number of rotatable bonds is 3. The van der Waals surface area contributed by atoms with Crippen molar-refractivity contribution in [3.05, 3.63) is 58.3 Å². The Kier molecular flexibility index (Phi) is 4.26. The molecule has 1 amide bonds. The predicted molar refractivity (Wildman–Crippen MR) is 75.4 cm³/mol. The summed E-state index contributed by atoms with van der Waals surface area (Å²) in [7, 11) is 0. The number of carbonyl (C=O) groups excluding carboxylic acids is 1. The van der Waals surface area contributed by atoms with Crippen LogP contribution in [-0.2, 0) is 11.2 Å². The number of carbonyl (C=O) groups is 1. The maximum atomic E-state index is 11.9. The summed E-state index contributed by atoms with van der Waals surface area (Å²) in [4.78, 5) is 15.8. The first-order valence-corrected chi connectivity index (χ1v) is 6.37. The van der Waals surface area contributed by atoms with Gasteiger partial charge in [0.25, 0.3) is 0 Å². The molecule has 0 radical (unpaired) electrons. The van der Waals surface area contributed by atoms with Gasteiger partial charge in [0.1, 0.15) is 0 Å². The molecule has 0 atom stereocenters. The van der Waals surface area contributed by atoms with E-state index in [1.54, 1.807) is 42.7 Å². The number of pyridine rings is 1. The topological polar surface area (TPSA) is 65.8 Å². The molecule has 1 aromatic carbocycles. The zero-order chi connectivity index (χ0) is 13.7. The van der Waals surface area contributed by atoms with Crippen LogP contribution in [0.15, 0.2) is 47.2 Å². The molecule has 4 nitrogen and oxygen atoms in total. The van der Waals surface area contributed by atoms with Crippen molar-refractivity contribution in [3.63, 3.8) is 0 Å². The highest BCUT2D eigenvalue weighted by Crippen LogP contribution is 2.20. The van der Waals surface area contributed by atoms with Crippen LogP contribution in [0.2, 0.25) is 0 Å². The number of halogens is 1. The van der Waals surface area contributed by atoms with Gasteiger partial charge in [0, 0.05) is 12.4 Å². The minimum absolute atomic E-state index is 0.114. The van der Waals surface area contributed by atoms with Gasteiger partial charge < -0.3 is 5.32 Å². The highest BCUT2D eigenvalue weighted by molar-refractivity contribution is 9.10. The van der Waals surface area contributed by atoms with Crippen LogP contribution in [0.1, 0.15) is 11.1 Å². The van der Waals surface area contributed by atoms with Gasteiger partial charge in [-0.25, -0.2) is 0 Å². The van der Waals surface area contributed by atoms with Gasteiger partial charge in [0.2, 0.25) is 5.91 Å². The molecule has 1 aromatic heterocycles. The van der Waals surface area contributed by atoms with Crippen molar-refractivity contribution in [2.75, 3.05) is 5.32 Å². The van der Waals surface area contributed by atoms with Crippen LogP contribution in [0.5, 0.6) is 0 Å². The van der Waals surface area contributed by atoms with E-state index < -0.39 is 0 Å². The summed E-state index contributed by atoms with van der Waals surface area (Å²) >= 11 is 3.32. The highest BCUT2D eigenvalue weighted by atomic mass is 79.9. The first kappa shape index (κ1) is 13.2. The van der Waals surface area contributed by atoms with Crippen LogP contribution in [-0.4, -0.2) is 10.9 Å². The van der Waals surface area contributed by atoms with Gasteiger partial charge in [-0.15, -0.1) is 0 Å². The summed E-state index contributed by atoms with van der Waals surface area (Å²) in [6, 6.07) is 10.7. The molecule has 19 heavy (non-hydrogen) atoms. The molecule has 0 unspecified atom stereocenters. The molecule has 2 aromatic rings. The van der Waals surface area contributed by atoms with Gasteiger partial charge in [0.15, 0.2) is 0 Å². The molecule has 94 valence electrons. The van der Waals surface area contributed by atoms with Crippen molar-refractivity contribution in [3.8, 4) is 6.07 Å². The summed E-state index contributed by atoms with van der Waals surface area (Å²) in [6.07, 6.45) is 3.50. The van der Waals surface area contributed by atoms with Crippen LogP contribution in [0.3, 0.4) is 0 Å². The van der Waals surface area contributed by atoms with E-state index in [2.05, 4.69) is 26.2 Å². The van der Waals surface area contributed by atoms with E-state index in [1.165, 1.54) is 0 Å². The zero-order valence-electron chi connectivity index (χ0n) is 9.93. The largest absolute Gasteiger partial charge is 0.325 e. The lowest BCUT2D eigenvalue weighted by atomic mass is 10.1. The Hall–Kier alpha value is -2.19. The van der Waals surface area contributed by atoms with E-state index in [9.17, 15) is 4.79 Å². The lowest BCUT2D eigenvalue weighted by Gasteiger charge is -2.06. The van der Waals surface area contributed by atoms with Crippen molar-refractivity contribution < 1.29 is 4.79 Å². The maximum absolute atomic E-state index is 11.9. The molecular weight excluding hydrogens is 306 g/mol. The minimum atomic E-state index is -0.114. The van der Waals surface area contributed by atoms with Gasteiger partial charge in [-0.05, 0) is 39.7 Å². The number of nitrogens with one attached hydrogen (secondary N) is 1. The van der Waals surface area contributed by atoms with Crippen LogP contribution in [0, 0.1) is 11.3 Å². The smallest absolute Gasteiger partial charge is 0.228 e. The SMILES string of the molecule is N#Cc1ccc(CC(=O)Nc2ccncc2Br)cc1. The number of benzene rings is 1. The van der Waals surface area contributed by atoms with E-state index in [1.807, 2.05) is 6.07 Å². The van der Waals surface area contributed by atoms with Crippen LogP contribution in [0.4, 0.5) is 5.69 Å². The molecule has 0 aliphatic carbocycles. The normalized spacial score (nSPS) is 9.68. The Bertz CT molecular complexity index is 632. The van der Waals surface area contributed by atoms with Crippen molar-refractivity contribution in [1.29, 1.82) is 5.26 Å². The van der Waals surface area contributed by atoms with Gasteiger partial charge in [-0.3, -0.25) is 9.78 Å². The number of aromatic nitrogens is 1. The number of anilines is 1. The molecular formula is C14H10BrN3O. The number of nitrogens with zero attached hydrogens (tertiary/aromatic N) is 2. The number of hydrogen-bond donors (Lipinski definition) is 1. The molecule has 0 aliphatic heterocycles. The lowest BCUT2D eigenvalue weighted by Crippen LogP contribution is -2.14. The van der Waals surface area contributed by atoms with E-state index in [0.717, 1.165) is 10.0 Å². The third kappa shape index (κ3) is 3.63. The van der Waals surface area contributed by atoms with Gasteiger partial charge in [-0.1, -0.05) is 12.1 Å². The molecule has 0 spiro atoms. The second kappa shape index (κ2) is 6.12. The summed E-state index contributed by atoms with van der Waals surface area (Å²) in [5.74, 6) is -0.114. The first-order valence-electron chi connectivity index (χ1n) is 5.57. The average Bonchev–Trinajstić information content (AvgIpc) is 2.42. The quantitative estimate of drug-likeness (QED) is 0.947. The molecule has 5 heteroatoms. The third-order valence-corrected chi connectivity index (χ3v) is 3.13. The fraction of sp³-hybridized carbons (Fsp3) is 0.0714. The third-order valence-electron chi connectivity index (χ3n) is 2.49. The van der Waals surface area contributed by atoms with Crippen molar-refractivity contribution in [1.82, 2.24) is 4.98 Å². The highest BCUT2D eigenvalue weighted by Gasteiger charge is 2.06. The maximum Gasteiger partial charge on any atom is 0.228 e. The molecule has 1 N–H and O–H groups in total. The Morgan fingerprint density at radius 2 is 2.05 bits per heavy atom. The van der Waals surface area contributed by atoms with E-state index in [-0.39, 0.29) is 12.3 Å². The molecule has 0 aliphatic rings. The van der Waals surface area contributed by atoms with Crippen molar-refractivity contribution in [2.24, 2.45) is 0 Å². The summed E-state index contributed by atoms with van der Waals surface area (Å²) in [5, 5.41) is 11.5. The molecule has 0 fully saturated rings. The van der Waals surface area contributed by atoms with E-state index in [4.69, 9.17) is 5.26 Å². The molecule has 0 saturated carbocycles. The molecule has 0 saturated heterocycles. The Labute approximate surface area is 119 Å². The van der Waals surface area contributed by atoms with Crippen LogP contribution < -0.4 is 5.32 Å². The van der Waals surface area contributed by atoms with Crippen molar-refractivity contribution in [2.45, 2.75) is 6.42 Å². The fourth-order valence-corrected chi connectivity index (χ4v) is 1.90. The number of nitriles is 1. The van der Waals surface area contributed by atoms with Crippen molar-refractivity contribution >= 4 is 27.5 Å². The van der Waals surface area contributed by atoms with Gasteiger partial charge in [0.05, 0.1) is 28.2 Å². The van der Waals surface area contributed by atoms with E-state index in [0.29, 0.717) is 11.3 Å². The first-order chi connectivity index (χ1) is 9.19. The molecule has 0 bridgehead atoms. The number of amides is 1. The molecule has 2 rings (SSSR count). The van der Waals surface area contributed by atoms with Crippen LogP contribution >= 0.6 is 15.9 Å². The predicted octanol–water partition coefficient (Wildman–Crippen LogP) is 2.90. The van der Waals surface area contributed by atoms with Gasteiger partial charge in [-0.2, -0.15) is 5.26 Å². The average molecular weight is 316 g/mol. The van der Waals surface area contributed by atoms with Crippen LogP contribution in [0.25, 0.3) is 0 Å². The summed E-state index contributed by atoms with van der Waals surface area (Å²) in [6.45, 7) is 0. The minimum Gasteiger partial charge on any atom is -0.325 e. The summed E-state index contributed by atoms with van der Waals surface area (Å²) < 4.78 is 0.739. The zero-order valence-corrected chi connectivity index (χ0v) is 11.5. The standard InChI is InChI=1S/C14H10BrN3O/c15-12-9-17-6-5-13(12)18-14(19)7-10-1-3-11(8-16)4-2-10/h1-6,9H,7H2,(H,17,18,19). The fourth-order valence-electron chi connectivity index (χ4n) is 1.55. The summed E-state index contributed by atoms with van der Waals surface area (Å²) in [5.41, 5.74) is 2.14. The second-order valence-electron chi connectivity index (χ2n) is 3.89. The second-order valence-corrected chi connectivity index (χ2v) is 4.74.